The molecule has 88 valence electrons. The summed E-state index contributed by atoms with van der Waals surface area (Å²) in [5.41, 5.74) is 2.92. The number of para-hydroxylation sites is 1. The fourth-order valence-corrected chi connectivity index (χ4v) is 2.16. The lowest BCUT2D eigenvalue weighted by atomic mass is 10.1. The van der Waals surface area contributed by atoms with Crippen LogP contribution in [0.1, 0.15) is 17.3 Å². The predicted molar refractivity (Wildman–Crippen MR) is 73.3 cm³/mol. The topological polar surface area (TPSA) is 22.0 Å². The molecule has 0 saturated carbocycles. The van der Waals surface area contributed by atoms with Crippen molar-refractivity contribution in [2.45, 2.75) is 6.92 Å². The number of benzene rings is 2. The molecule has 0 aliphatic carbocycles. The van der Waals surface area contributed by atoms with Crippen LogP contribution in [-0.4, -0.2) is 10.4 Å². The molecule has 0 aliphatic heterocycles. The fourth-order valence-electron chi connectivity index (χ4n) is 2.16. The smallest absolute Gasteiger partial charge is 0.159 e. The highest BCUT2D eigenvalue weighted by molar-refractivity contribution is 5.98. The summed E-state index contributed by atoms with van der Waals surface area (Å²) < 4.78 is 2.10. The maximum absolute atomic E-state index is 11.4. The first-order valence-corrected chi connectivity index (χ1v) is 5.93. The number of carbonyl (C=O) groups is 1. The quantitative estimate of drug-likeness (QED) is 0.619. The molecule has 0 radical (unpaired) electrons. The summed E-state index contributed by atoms with van der Waals surface area (Å²) in [6.45, 7) is 1.59. The van der Waals surface area contributed by atoms with Gasteiger partial charge in [0.2, 0.25) is 0 Å². The van der Waals surface area contributed by atoms with Crippen molar-refractivity contribution < 1.29 is 4.79 Å². The van der Waals surface area contributed by atoms with Crippen LogP contribution in [0, 0.1) is 0 Å². The third kappa shape index (κ3) is 1.72. The van der Waals surface area contributed by atoms with E-state index in [1.165, 1.54) is 0 Å². The lowest BCUT2D eigenvalue weighted by Crippen LogP contribution is -1.94. The van der Waals surface area contributed by atoms with Gasteiger partial charge in [-0.05, 0) is 36.6 Å². The van der Waals surface area contributed by atoms with E-state index in [0.717, 1.165) is 22.2 Å². The molecule has 2 nitrogen and oxygen atoms in total. The highest BCUT2D eigenvalue weighted by Gasteiger charge is 2.06. The SMILES string of the molecule is CC(=O)c1ccc2ccn(-c3ccccc3)c2c1. The Bertz CT molecular complexity index is 710. The number of hydrogen-bond donors (Lipinski definition) is 0. The summed E-state index contributed by atoms with van der Waals surface area (Å²) in [6, 6.07) is 18.0. The lowest BCUT2D eigenvalue weighted by Gasteiger charge is -2.05. The van der Waals surface area contributed by atoms with Gasteiger partial charge < -0.3 is 4.57 Å². The monoisotopic (exact) mass is 235 g/mol. The second kappa shape index (κ2) is 4.15. The van der Waals surface area contributed by atoms with Crippen LogP contribution < -0.4 is 0 Å². The van der Waals surface area contributed by atoms with Gasteiger partial charge in [0.15, 0.2) is 5.78 Å². The van der Waals surface area contributed by atoms with Crippen molar-refractivity contribution in [3.05, 3.63) is 66.4 Å². The second-order valence-corrected chi connectivity index (χ2v) is 4.35. The minimum absolute atomic E-state index is 0.0951. The number of carbonyl (C=O) groups excluding carboxylic acids is 1. The van der Waals surface area contributed by atoms with Gasteiger partial charge in [0, 0.05) is 17.4 Å². The normalized spacial score (nSPS) is 10.7. The molecule has 0 atom stereocenters. The van der Waals surface area contributed by atoms with Gasteiger partial charge in [-0.2, -0.15) is 0 Å². The highest BCUT2D eigenvalue weighted by Crippen LogP contribution is 2.21. The molecule has 0 fully saturated rings. The molecule has 0 aliphatic rings. The number of Topliss-reactive ketones (excluding diaryl/α,β-unsaturated/α-hetero) is 1. The van der Waals surface area contributed by atoms with Crippen LogP contribution >= 0.6 is 0 Å². The minimum Gasteiger partial charge on any atom is -0.317 e. The molecule has 3 rings (SSSR count). The van der Waals surface area contributed by atoms with Gasteiger partial charge in [-0.15, -0.1) is 0 Å². The molecular formula is C16H13NO. The van der Waals surface area contributed by atoms with Crippen LogP contribution in [0.25, 0.3) is 16.6 Å². The summed E-state index contributed by atoms with van der Waals surface area (Å²) in [6.07, 6.45) is 2.03. The summed E-state index contributed by atoms with van der Waals surface area (Å²) in [4.78, 5) is 11.4. The molecule has 1 aromatic heterocycles. The predicted octanol–water partition coefficient (Wildman–Crippen LogP) is 3.83. The van der Waals surface area contributed by atoms with Gasteiger partial charge in [0.05, 0.1) is 5.52 Å². The molecule has 0 unspecified atom stereocenters. The summed E-state index contributed by atoms with van der Waals surface area (Å²) >= 11 is 0. The number of rotatable bonds is 2. The van der Waals surface area contributed by atoms with Crippen LogP contribution in [0.3, 0.4) is 0 Å². The average Bonchev–Trinajstić information content (AvgIpc) is 2.82. The Morgan fingerprint density at radius 3 is 2.50 bits per heavy atom. The fraction of sp³-hybridized carbons (Fsp3) is 0.0625. The van der Waals surface area contributed by atoms with Crippen molar-refractivity contribution in [3.63, 3.8) is 0 Å². The van der Waals surface area contributed by atoms with Crippen molar-refractivity contribution in [1.82, 2.24) is 4.57 Å². The maximum Gasteiger partial charge on any atom is 0.159 e. The van der Waals surface area contributed by atoms with Crippen molar-refractivity contribution in [3.8, 4) is 5.69 Å². The zero-order valence-corrected chi connectivity index (χ0v) is 10.1. The Morgan fingerprint density at radius 1 is 1.00 bits per heavy atom. The molecule has 3 aromatic rings. The van der Waals surface area contributed by atoms with Gasteiger partial charge in [-0.25, -0.2) is 0 Å². The number of fused-ring (bicyclic) bond motifs is 1. The Morgan fingerprint density at radius 2 is 1.78 bits per heavy atom. The van der Waals surface area contributed by atoms with Gasteiger partial charge in [0.1, 0.15) is 0 Å². The molecule has 0 amide bonds. The maximum atomic E-state index is 11.4. The molecule has 1 heterocycles. The van der Waals surface area contributed by atoms with E-state index in [0.29, 0.717) is 0 Å². The van der Waals surface area contributed by atoms with E-state index >= 15 is 0 Å². The molecule has 0 spiro atoms. The van der Waals surface area contributed by atoms with E-state index < -0.39 is 0 Å². The third-order valence-electron chi connectivity index (χ3n) is 3.13. The Labute approximate surface area is 105 Å². The summed E-state index contributed by atoms with van der Waals surface area (Å²) in [5, 5.41) is 1.14. The van der Waals surface area contributed by atoms with Gasteiger partial charge in [0.25, 0.3) is 0 Å². The minimum atomic E-state index is 0.0951. The molecule has 0 bridgehead atoms. The van der Waals surface area contributed by atoms with E-state index in [9.17, 15) is 4.79 Å². The van der Waals surface area contributed by atoms with Crippen molar-refractivity contribution in [1.29, 1.82) is 0 Å². The number of aromatic nitrogens is 1. The second-order valence-electron chi connectivity index (χ2n) is 4.35. The van der Waals surface area contributed by atoms with Crippen LogP contribution in [0.5, 0.6) is 0 Å². The van der Waals surface area contributed by atoms with Gasteiger partial charge in [-0.3, -0.25) is 4.79 Å². The first-order valence-electron chi connectivity index (χ1n) is 5.93. The van der Waals surface area contributed by atoms with Crippen molar-refractivity contribution >= 4 is 16.7 Å². The molecule has 2 aromatic carbocycles. The molecular weight excluding hydrogens is 222 g/mol. The first-order chi connectivity index (χ1) is 8.75. The number of hydrogen-bond acceptors (Lipinski definition) is 1. The largest absolute Gasteiger partial charge is 0.317 e. The third-order valence-corrected chi connectivity index (χ3v) is 3.13. The van der Waals surface area contributed by atoms with E-state index in [1.807, 2.05) is 42.6 Å². The average molecular weight is 235 g/mol. The van der Waals surface area contributed by atoms with Crippen molar-refractivity contribution in [2.24, 2.45) is 0 Å². The Balaban J connectivity index is 2.24. The van der Waals surface area contributed by atoms with Crippen LogP contribution in [-0.2, 0) is 0 Å². The standard InChI is InChI=1S/C16H13NO/c1-12(18)14-8-7-13-9-10-17(16(13)11-14)15-5-3-2-4-6-15/h2-11H,1H3. The number of ketones is 1. The van der Waals surface area contributed by atoms with Gasteiger partial charge in [-0.1, -0.05) is 30.3 Å². The highest BCUT2D eigenvalue weighted by atomic mass is 16.1. The lowest BCUT2D eigenvalue weighted by molar-refractivity contribution is 0.101. The Kier molecular flexibility index (Phi) is 2.49. The number of nitrogens with zero attached hydrogens (tertiary/aromatic N) is 1. The van der Waals surface area contributed by atoms with Crippen molar-refractivity contribution in [2.75, 3.05) is 0 Å². The zero-order valence-electron chi connectivity index (χ0n) is 10.1. The summed E-state index contributed by atoms with van der Waals surface area (Å²) in [5.74, 6) is 0.0951. The van der Waals surface area contributed by atoms with E-state index in [1.54, 1.807) is 6.92 Å². The summed E-state index contributed by atoms with van der Waals surface area (Å²) in [7, 11) is 0. The first kappa shape index (κ1) is 10.8. The Hall–Kier alpha value is -2.35. The molecule has 18 heavy (non-hydrogen) atoms. The van der Waals surface area contributed by atoms with Gasteiger partial charge >= 0.3 is 0 Å². The molecule has 0 N–H and O–H groups in total. The van der Waals surface area contributed by atoms with Crippen LogP contribution in [0.2, 0.25) is 0 Å². The van der Waals surface area contributed by atoms with Crippen LogP contribution in [0.15, 0.2) is 60.8 Å². The van der Waals surface area contributed by atoms with E-state index in [4.69, 9.17) is 0 Å². The molecule has 2 heteroatoms. The van der Waals surface area contributed by atoms with Crippen LogP contribution in [0.4, 0.5) is 0 Å². The zero-order chi connectivity index (χ0) is 12.5. The van der Waals surface area contributed by atoms with E-state index in [-0.39, 0.29) is 5.78 Å². The molecule has 0 saturated heterocycles. The van der Waals surface area contributed by atoms with E-state index in [2.05, 4.69) is 22.8 Å².